The third-order valence-corrected chi connectivity index (χ3v) is 4.70. The third kappa shape index (κ3) is 3.72. The number of rotatable bonds is 6. The summed E-state index contributed by atoms with van der Waals surface area (Å²) in [6, 6.07) is 3.57. The Morgan fingerprint density at radius 1 is 1.35 bits per heavy atom. The highest BCUT2D eigenvalue weighted by molar-refractivity contribution is 7.21. The van der Waals surface area contributed by atoms with Crippen molar-refractivity contribution < 1.29 is 29.3 Å². The third-order valence-electron chi connectivity index (χ3n) is 3.02. The van der Waals surface area contributed by atoms with Crippen molar-refractivity contribution in [2.45, 2.75) is 12.5 Å². The van der Waals surface area contributed by atoms with E-state index in [1.165, 1.54) is 7.11 Å². The minimum Gasteiger partial charge on any atom is -0.497 e. The molecule has 0 aliphatic carbocycles. The summed E-state index contributed by atoms with van der Waals surface area (Å²) < 4.78 is 5.82. The zero-order valence-corrected chi connectivity index (χ0v) is 13.4. The second-order valence-corrected chi connectivity index (χ2v) is 6.00. The van der Waals surface area contributed by atoms with Crippen LogP contribution in [0, 0.1) is 0 Å². The maximum atomic E-state index is 12.2. The van der Waals surface area contributed by atoms with Gasteiger partial charge in [0.05, 0.1) is 18.6 Å². The fourth-order valence-electron chi connectivity index (χ4n) is 1.92. The second kappa shape index (κ2) is 6.84. The standard InChI is InChI=1S/C14H12ClNO6S/c1-22-6-2-3-9-7(4-6)11(15)12(23-9)13(19)16-8(14(20)21)5-10(17)18/h2-4,8H,5H2,1H3,(H,16,19)(H,17,18)(H,20,21). The van der Waals surface area contributed by atoms with Gasteiger partial charge in [-0.3, -0.25) is 9.59 Å². The van der Waals surface area contributed by atoms with Crippen molar-refractivity contribution in [1.29, 1.82) is 0 Å². The van der Waals surface area contributed by atoms with Gasteiger partial charge >= 0.3 is 11.9 Å². The molecule has 122 valence electrons. The smallest absolute Gasteiger partial charge is 0.326 e. The highest BCUT2D eigenvalue weighted by atomic mass is 35.5. The van der Waals surface area contributed by atoms with Crippen LogP contribution in [0.4, 0.5) is 0 Å². The van der Waals surface area contributed by atoms with Gasteiger partial charge in [0.15, 0.2) is 0 Å². The molecule has 0 fully saturated rings. The van der Waals surface area contributed by atoms with Gasteiger partial charge in [-0.15, -0.1) is 11.3 Å². The van der Waals surface area contributed by atoms with E-state index in [4.69, 9.17) is 26.6 Å². The summed E-state index contributed by atoms with van der Waals surface area (Å²) in [6.07, 6.45) is -0.725. The number of carboxylic acid groups (broad SMARTS) is 2. The Bertz CT molecular complexity index is 787. The van der Waals surface area contributed by atoms with Gasteiger partial charge in [0.25, 0.3) is 5.91 Å². The maximum absolute atomic E-state index is 12.2. The van der Waals surface area contributed by atoms with Gasteiger partial charge < -0.3 is 20.3 Å². The molecule has 9 heteroatoms. The molecular weight excluding hydrogens is 346 g/mol. The molecule has 23 heavy (non-hydrogen) atoms. The van der Waals surface area contributed by atoms with E-state index >= 15 is 0 Å². The number of amides is 1. The van der Waals surface area contributed by atoms with Gasteiger partial charge in [-0.1, -0.05) is 11.6 Å². The predicted octanol–water partition coefficient (Wildman–Crippen LogP) is 2.22. The van der Waals surface area contributed by atoms with Crippen LogP contribution >= 0.6 is 22.9 Å². The number of ether oxygens (including phenoxy) is 1. The second-order valence-electron chi connectivity index (χ2n) is 4.57. The molecule has 3 N–H and O–H groups in total. The average molecular weight is 358 g/mol. The molecule has 1 aromatic carbocycles. The van der Waals surface area contributed by atoms with Crippen molar-refractivity contribution >= 4 is 50.9 Å². The molecule has 1 aromatic heterocycles. The van der Waals surface area contributed by atoms with Crippen LogP contribution in [0.3, 0.4) is 0 Å². The van der Waals surface area contributed by atoms with Crippen LogP contribution < -0.4 is 10.1 Å². The number of carbonyl (C=O) groups excluding carboxylic acids is 1. The Hall–Kier alpha value is -2.32. The SMILES string of the molecule is COc1ccc2sc(C(=O)NC(CC(=O)O)C(=O)O)c(Cl)c2c1. The topological polar surface area (TPSA) is 113 Å². The van der Waals surface area contributed by atoms with E-state index in [1.54, 1.807) is 18.2 Å². The summed E-state index contributed by atoms with van der Waals surface area (Å²) in [4.78, 5) is 34.0. The van der Waals surface area contributed by atoms with E-state index in [9.17, 15) is 14.4 Å². The van der Waals surface area contributed by atoms with Crippen LogP contribution in [0.25, 0.3) is 10.1 Å². The minimum atomic E-state index is -1.53. The molecular formula is C14H12ClNO6S. The van der Waals surface area contributed by atoms with Crippen molar-refractivity contribution in [3.05, 3.63) is 28.1 Å². The quantitative estimate of drug-likeness (QED) is 0.730. The van der Waals surface area contributed by atoms with Gasteiger partial charge in [0.1, 0.15) is 16.7 Å². The number of hydrogen-bond donors (Lipinski definition) is 3. The van der Waals surface area contributed by atoms with Gasteiger partial charge in [0, 0.05) is 10.1 Å². The van der Waals surface area contributed by atoms with E-state index < -0.39 is 30.3 Å². The number of hydrogen-bond acceptors (Lipinski definition) is 5. The summed E-state index contributed by atoms with van der Waals surface area (Å²) in [7, 11) is 1.50. The van der Waals surface area contributed by atoms with Gasteiger partial charge in [-0.05, 0) is 18.2 Å². The first-order chi connectivity index (χ1) is 10.8. The largest absolute Gasteiger partial charge is 0.497 e. The first kappa shape index (κ1) is 17.0. The van der Waals surface area contributed by atoms with E-state index in [0.29, 0.717) is 11.1 Å². The molecule has 1 amide bonds. The number of carboxylic acids is 2. The lowest BCUT2D eigenvalue weighted by molar-refractivity contribution is -0.145. The highest BCUT2D eigenvalue weighted by Crippen LogP contribution is 2.37. The summed E-state index contributed by atoms with van der Waals surface area (Å²) >= 11 is 7.26. The average Bonchev–Trinajstić information content (AvgIpc) is 2.82. The zero-order chi connectivity index (χ0) is 17.1. The molecule has 0 aliphatic rings. The summed E-state index contributed by atoms with van der Waals surface area (Å²) in [5.41, 5.74) is 0. The van der Waals surface area contributed by atoms with Crippen molar-refractivity contribution in [2.24, 2.45) is 0 Å². The Morgan fingerprint density at radius 2 is 2.04 bits per heavy atom. The van der Waals surface area contributed by atoms with Crippen LogP contribution in [0.5, 0.6) is 5.75 Å². The number of carbonyl (C=O) groups is 3. The first-order valence-corrected chi connectivity index (χ1v) is 7.54. The highest BCUT2D eigenvalue weighted by Gasteiger charge is 2.26. The van der Waals surface area contributed by atoms with Crippen LogP contribution in [-0.2, 0) is 9.59 Å². The van der Waals surface area contributed by atoms with Crippen molar-refractivity contribution in [1.82, 2.24) is 5.32 Å². The monoisotopic (exact) mass is 357 g/mol. The van der Waals surface area contributed by atoms with E-state index in [2.05, 4.69) is 5.32 Å². The normalized spacial score (nSPS) is 11.9. The van der Waals surface area contributed by atoms with Gasteiger partial charge in [-0.2, -0.15) is 0 Å². The summed E-state index contributed by atoms with van der Waals surface area (Å²) in [6.45, 7) is 0. The van der Waals surface area contributed by atoms with Crippen LogP contribution in [0.2, 0.25) is 5.02 Å². The Labute approximate surface area is 139 Å². The molecule has 1 atom stereocenters. The van der Waals surface area contributed by atoms with Gasteiger partial charge in [-0.25, -0.2) is 4.79 Å². The molecule has 0 saturated carbocycles. The summed E-state index contributed by atoms with van der Waals surface area (Å²) in [5, 5.41) is 20.6. The van der Waals surface area contributed by atoms with Crippen LogP contribution in [-0.4, -0.2) is 41.2 Å². The lowest BCUT2D eigenvalue weighted by Gasteiger charge is -2.11. The Kier molecular flexibility index (Phi) is 5.07. The van der Waals surface area contributed by atoms with Gasteiger partial charge in [0.2, 0.25) is 0 Å². The molecule has 0 radical (unpaired) electrons. The molecule has 2 rings (SSSR count). The van der Waals surface area contributed by atoms with E-state index in [0.717, 1.165) is 16.0 Å². The molecule has 0 spiro atoms. The van der Waals surface area contributed by atoms with Crippen LogP contribution in [0.1, 0.15) is 16.1 Å². The zero-order valence-electron chi connectivity index (χ0n) is 11.8. The van der Waals surface area contributed by atoms with Crippen molar-refractivity contribution in [3.8, 4) is 5.75 Å². The molecule has 7 nitrogen and oxygen atoms in total. The number of halogens is 1. The number of fused-ring (bicyclic) bond motifs is 1. The molecule has 0 saturated heterocycles. The van der Waals surface area contributed by atoms with Crippen molar-refractivity contribution in [2.75, 3.05) is 7.11 Å². The lowest BCUT2D eigenvalue weighted by atomic mass is 10.2. The number of benzene rings is 1. The maximum Gasteiger partial charge on any atom is 0.326 e. The molecule has 1 unspecified atom stereocenters. The van der Waals surface area contributed by atoms with Crippen molar-refractivity contribution in [3.63, 3.8) is 0 Å². The van der Waals surface area contributed by atoms with E-state index in [1.807, 2.05) is 0 Å². The molecule has 1 heterocycles. The number of thiophene rings is 1. The predicted molar refractivity (Wildman–Crippen MR) is 84.5 cm³/mol. The Balaban J connectivity index is 2.31. The molecule has 2 aromatic rings. The Morgan fingerprint density at radius 3 is 2.61 bits per heavy atom. The fourth-order valence-corrected chi connectivity index (χ4v) is 3.31. The molecule has 0 aliphatic heterocycles. The minimum absolute atomic E-state index is 0.117. The number of methoxy groups -OCH3 is 1. The molecule has 0 bridgehead atoms. The number of aliphatic carboxylic acids is 2. The fraction of sp³-hybridized carbons (Fsp3) is 0.214. The summed E-state index contributed by atoms with van der Waals surface area (Å²) in [5.74, 6) is -2.92. The number of nitrogens with one attached hydrogen (secondary N) is 1. The van der Waals surface area contributed by atoms with Crippen LogP contribution in [0.15, 0.2) is 18.2 Å². The first-order valence-electron chi connectivity index (χ1n) is 6.35. The lowest BCUT2D eigenvalue weighted by Crippen LogP contribution is -2.42. The van der Waals surface area contributed by atoms with E-state index in [-0.39, 0.29) is 9.90 Å².